The molecule has 0 bridgehead atoms. The van der Waals surface area contributed by atoms with Crippen LogP contribution in [0.1, 0.15) is 33.3 Å². The highest BCUT2D eigenvalue weighted by molar-refractivity contribution is 7.92. The molecule has 0 atom stereocenters. The van der Waals surface area contributed by atoms with E-state index in [-0.39, 0.29) is 12.0 Å². The minimum atomic E-state index is -3.62. The van der Waals surface area contributed by atoms with Crippen LogP contribution in [0.2, 0.25) is 0 Å². The van der Waals surface area contributed by atoms with Crippen molar-refractivity contribution in [2.45, 2.75) is 33.1 Å². The molecule has 0 fully saturated rings. The van der Waals surface area contributed by atoms with E-state index in [1.165, 1.54) is 0 Å². The lowest BCUT2D eigenvalue weighted by Crippen LogP contribution is -2.37. The van der Waals surface area contributed by atoms with E-state index in [1.807, 2.05) is 19.1 Å². The zero-order valence-corrected chi connectivity index (χ0v) is 17.8. The molecule has 0 spiro atoms. The van der Waals surface area contributed by atoms with E-state index < -0.39 is 15.9 Å². The van der Waals surface area contributed by atoms with Crippen LogP contribution >= 0.6 is 0 Å². The highest BCUT2D eigenvalue weighted by atomic mass is 32.2. The summed E-state index contributed by atoms with van der Waals surface area (Å²) in [4.78, 5) is 12.4. The van der Waals surface area contributed by atoms with E-state index in [0.29, 0.717) is 23.7 Å². The van der Waals surface area contributed by atoms with Gasteiger partial charge in [0.2, 0.25) is 15.9 Å². The zero-order chi connectivity index (χ0) is 20.9. The van der Waals surface area contributed by atoms with Crippen molar-refractivity contribution in [3.8, 4) is 5.75 Å². The summed E-state index contributed by atoms with van der Waals surface area (Å²) in [6, 6.07) is 14.2. The van der Waals surface area contributed by atoms with E-state index in [1.54, 1.807) is 36.4 Å². The summed E-state index contributed by atoms with van der Waals surface area (Å²) < 4.78 is 31.0. The lowest BCUT2D eigenvalue weighted by atomic mass is 9.87. The van der Waals surface area contributed by atoms with Gasteiger partial charge in [0.25, 0.3) is 0 Å². The highest BCUT2D eigenvalue weighted by Gasteiger charge is 2.22. The Kier molecular flexibility index (Phi) is 6.72. The smallest absolute Gasteiger partial charge is 0.245 e. The minimum Gasteiger partial charge on any atom is -0.494 e. The first-order valence-corrected chi connectivity index (χ1v) is 11.0. The Hall–Kier alpha value is -2.54. The Morgan fingerprint density at radius 3 is 2.07 bits per heavy atom. The van der Waals surface area contributed by atoms with E-state index in [0.717, 1.165) is 16.1 Å². The molecule has 2 aromatic carbocycles. The molecule has 0 saturated carbocycles. The van der Waals surface area contributed by atoms with Gasteiger partial charge in [-0.25, -0.2) is 8.42 Å². The third-order valence-electron chi connectivity index (χ3n) is 4.16. The summed E-state index contributed by atoms with van der Waals surface area (Å²) in [7, 11) is -3.62. The number of amides is 1. The summed E-state index contributed by atoms with van der Waals surface area (Å²) >= 11 is 0. The highest BCUT2D eigenvalue weighted by Crippen LogP contribution is 2.26. The number of hydrogen-bond donors (Lipinski definition) is 1. The van der Waals surface area contributed by atoms with Crippen LogP contribution in [0.15, 0.2) is 48.5 Å². The van der Waals surface area contributed by atoms with Gasteiger partial charge < -0.3 is 10.1 Å². The van der Waals surface area contributed by atoms with E-state index in [9.17, 15) is 13.2 Å². The number of rotatable bonds is 7. The van der Waals surface area contributed by atoms with Gasteiger partial charge in [0.05, 0.1) is 18.6 Å². The average Bonchev–Trinajstić information content (AvgIpc) is 2.60. The first kappa shape index (κ1) is 21.8. The zero-order valence-electron chi connectivity index (χ0n) is 17.0. The second kappa shape index (κ2) is 8.65. The molecule has 0 aromatic heterocycles. The van der Waals surface area contributed by atoms with Crippen LogP contribution in [0.5, 0.6) is 5.75 Å². The molecule has 1 N–H and O–H groups in total. The molecule has 0 aliphatic heterocycles. The molecule has 0 aliphatic rings. The van der Waals surface area contributed by atoms with Crippen molar-refractivity contribution in [1.82, 2.24) is 0 Å². The maximum atomic E-state index is 12.4. The van der Waals surface area contributed by atoms with Gasteiger partial charge in [-0.1, -0.05) is 32.9 Å². The fourth-order valence-corrected chi connectivity index (χ4v) is 3.52. The number of ether oxygens (including phenoxy) is 1. The molecule has 0 radical (unpaired) electrons. The molecule has 0 aliphatic carbocycles. The molecule has 0 heterocycles. The molecule has 2 rings (SSSR count). The van der Waals surface area contributed by atoms with Crippen LogP contribution < -0.4 is 14.4 Å². The minimum absolute atomic E-state index is 0.0422. The molecule has 6 nitrogen and oxygen atoms in total. The van der Waals surface area contributed by atoms with Crippen molar-refractivity contribution in [2.24, 2.45) is 0 Å². The third-order valence-corrected chi connectivity index (χ3v) is 5.30. The molecule has 28 heavy (non-hydrogen) atoms. The van der Waals surface area contributed by atoms with Gasteiger partial charge in [0.1, 0.15) is 12.3 Å². The van der Waals surface area contributed by atoms with Crippen LogP contribution in [0, 0.1) is 0 Å². The quantitative estimate of drug-likeness (QED) is 0.762. The van der Waals surface area contributed by atoms with Gasteiger partial charge in [-0.2, -0.15) is 0 Å². The van der Waals surface area contributed by atoms with E-state index in [4.69, 9.17) is 4.74 Å². The molecule has 1 amide bonds. The summed E-state index contributed by atoms with van der Waals surface area (Å²) in [6.45, 7) is 8.40. The molecule has 152 valence electrons. The predicted octanol–water partition coefficient (Wildman–Crippen LogP) is 3.79. The van der Waals surface area contributed by atoms with Crippen molar-refractivity contribution in [2.75, 3.05) is 29.0 Å². The van der Waals surface area contributed by atoms with Crippen molar-refractivity contribution >= 4 is 27.3 Å². The summed E-state index contributed by atoms with van der Waals surface area (Å²) in [5, 5.41) is 2.72. The Morgan fingerprint density at radius 1 is 1.04 bits per heavy atom. The largest absolute Gasteiger partial charge is 0.494 e. The number of carbonyl (C=O) groups excluding carboxylic acids is 1. The van der Waals surface area contributed by atoms with Crippen molar-refractivity contribution in [3.05, 3.63) is 54.1 Å². The monoisotopic (exact) mass is 404 g/mol. The van der Waals surface area contributed by atoms with Crippen molar-refractivity contribution < 1.29 is 17.9 Å². The molecule has 0 saturated heterocycles. The first-order chi connectivity index (χ1) is 13.0. The van der Waals surface area contributed by atoms with Gasteiger partial charge >= 0.3 is 0 Å². The summed E-state index contributed by atoms with van der Waals surface area (Å²) in [6.07, 6.45) is 1.09. The lowest BCUT2D eigenvalue weighted by Gasteiger charge is -2.24. The predicted molar refractivity (Wildman–Crippen MR) is 114 cm³/mol. The number of carbonyl (C=O) groups is 1. The number of anilines is 2. The van der Waals surface area contributed by atoms with Crippen molar-refractivity contribution in [1.29, 1.82) is 0 Å². The van der Waals surface area contributed by atoms with E-state index in [2.05, 4.69) is 26.1 Å². The average molecular weight is 405 g/mol. The third kappa shape index (κ3) is 5.99. The normalized spacial score (nSPS) is 11.8. The molecule has 7 heteroatoms. The number of benzene rings is 2. The maximum absolute atomic E-state index is 12.4. The maximum Gasteiger partial charge on any atom is 0.245 e. The summed E-state index contributed by atoms with van der Waals surface area (Å²) in [5.74, 6) is 0.284. The summed E-state index contributed by atoms with van der Waals surface area (Å²) in [5.41, 5.74) is 2.07. The fourth-order valence-electron chi connectivity index (χ4n) is 2.66. The Bertz CT molecular complexity index is 899. The molecular weight excluding hydrogens is 376 g/mol. The van der Waals surface area contributed by atoms with Gasteiger partial charge in [0, 0.05) is 5.69 Å². The Balaban J connectivity index is 2.15. The number of sulfonamides is 1. The van der Waals surface area contributed by atoms with Gasteiger partial charge in [0.15, 0.2) is 0 Å². The van der Waals surface area contributed by atoms with Crippen molar-refractivity contribution in [3.63, 3.8) is 0 Å². The van der Waals surface area contributed by atoms with Gasteiger partial charge in [-0.05, 0) is 54.3 Å². The number of nitrogens with one attached hydrogen (secondary N) is 1. The van der Waals surface area contributed by atoms with Gasteiger partial charge in [-0.3, -0.25) is 9.10 Å². The van der Waals surface area contributed by atoms with Crippen LogP contribution in [0.3, 0.4) is 0 Å². The number of hydrogen-bond acceptors (Lipinski definition) is 4. The standard InChI is InChI=1S/C21H28N2O4S/c1-6-27-19-13-9-17(10-14-19)22-20(24)15-23(28(5,25)26)18-11-7-16(8-12-18)21(2,3)4/h7-14H,6,15H2,1-5H3,(H,22,24). The fraction of sp³-hybridized carbons (Fsp3) is 0.381. The van der Waals surface area contributed by atoms with Crippen LogP contribution in [-0.4, -0.2) is 33.7 Å². The van der Waals surface area contributed by atoms with E-state index >= 15 is 0 Å². The Labute approximate surface area is 167 Å². The first-order valence-electron chi connectivity index (χ1n) is 9.11. The van der Waals surface area contributed by atoms with Crippen LogP contribution in [-0.2, 0) is 20.2 Å². The molecule has 2 aromatic rings. The van der Waals surface area contributed by atoms with Gasteiger partial charge in [-0.15, -0.1) is 0 Å². The number of nitrogens with zero attached hydrogens (tertiary/aromatic N) is 1. The Morgan fingerprint density at radius 2 is 1.61 bits per heavy atom. The molecule has 0 unspecified atom stereocenters. The van der Waals surface area contributed by atoms with Crippen LogP contribution in [0.4, 0.5) is 11.4 Å². The second-order valence-electron chi connectivity index (χ2n) is 7.57. The lowest BCUT2D eigenvalue weighted by molar-refractivity contribution is -0.114. The topological polar surface area (TPSA) is 75.7 Å². The second-order valence-corrected chi connectivity index (χ2v) is 9.48. The SMILES string of the molecule is CCOc1ccc(NC(=O)CN(c2ccc(C(C)(C)C)cc2)S(C)(=O)=O)cc1. The van der Waals surface area contributed by atoms with Crippen LogP contribution in [0.25, 0.3) is 0 Å². The molecular formula is C21H28N2O4S.